The third kappa shape index (κ3) is 4.26. The maximum Gasteiger partial charge on any atom is 0.122 e. The van der Waals surface area contributed by atoms with Crippen LogP contribution in [-0.4, -0.2) is 40.2 Å². The normalized spacial score (nSPS) is 44.6. The molecule has 5 rings (SSSR count). The highest BCUT2D eigenvalue weighted by molar-refractivity contribution is 5.33. The number of fused-ring (bicyclic) bond motifs is 5. The Labute approximate surface area is 212 Å². The summed E-state index contributed by atoms with van der Waals surface area (Å²) in [6.45, 7) is 6.98. The minimum Gasteiger partial charge on any atom is -0.496 e. The Balaban J connectivity index is 1.29. The summed E-state index contributed by atoms with van der Waals surface area (Å²) in [4.78, 5) is 0. The molecule has 4 heteroatoms. The molecule has 0 spiro atoms. The monoisotopic (exact) mass is 484 g/mol. The second kappa shape index (κ2) is 9.33. The van der Waals surface area contributed by atoms with Crippen LogP contribution in [0.25, 0.3) is 0 Å². The predicted molar refractivity (Wildman–Crippen MR) is 139 cm³/mol. The fourth-order valence-corrected chi connectivity index (χ4v) is 10.0. The Morgan fingerprint density at radius 1 is 0.943 bits per heavy atom. The quantitative estimate of drug-likeness (QED) is 0.480. The molecule has 35 heavy (non-hydrogen) atoms. The van der Waals surface area contributed by atoms with Crippen molar-refractivity contribution in [3.8, 4) is 5.75 Å². The van der Waals surface area contributed by atoms with Crippen LogP contribution in [0.2, 0.25) is 0 Å². The molecule has 4 saturated carbocycles. The van der Waals surface area contributed by atoms with E-state index in [-0.39, 0.29) is 29.0 Å². The van der Waals surface area contributed by atoms with Crippen LogP contribution in [0.5, 0.6) is 5.75 Å². The van der Waals surface area contributed by atoms with Gasteiger partial charge in [0.2, 0.25) is 0 Å². The molecule has 4 aliphatic rings. The molecule has 0 aromatic heterocycles. The first kappa shape index (κ1) is 25.5. The van der Waals surface area contributed by atoms with E-state index in [4.69, 9.17) is 4.74 Å². The van der Waals surface area contributed by atoms with E-state index in [1.807, 2.05) is 12.1 Å². The lowest BCUT2D eigenvalue weighted by Crippen LogP contribution is -2.59. The van der Waals surface area contributed by atoms with E-state index in [2.05, 4.69) is 32.9 Å². The molecule has 10 atom stereocenters. The third-order valence-electron chi connectivity index (χ3n) is 11.7. The number of rotatable bonds is 6. The maximum absolute atomic E-state index is 11.8. The lowest BCUT2D eigenvalue weighted by atomic mass is 9.43. The summed E-state index contributed by atoms with van der Waals surface area (Å²) in [7, 11) is 1.73. The summed E-state index contributed by atoms with van der Waals surface area (Å²) in [5, 5.41) is 33.4. The fourth-order valence-electron chi connectivity index (χ4n) is 10.0. The van der Waals surface area contributed by atoms with Crippen molar-refractivity contribution in [1.29, 1.82) is 0 Å². The summed E-state index contributed by atoms with van der Waals surface area (Å²) in [5.41, 5.74) is 0.843. The van der Waals surface area contributed by atoms with Gasteiger partial charge in [-0.05, 0) is 130 Å². The van der Waals surface area contributed by atoms with Crippen LogP contribution < -0.4 is 4.74 Å². The molecular weight excluding hydrogens is 436 g/mol. The number of methoxy groups -OCH3 is 1. The van der Waals surface area contributed by atoms with E-state index >= 15 is 0 Å². The van der Waals surface area contributed by atoms with Gasteiger partial charge in [-0.1, -0.05) is 32.0 Å². The van der Waals surface area contributed by atoms with Crippen LogP contribution in [0.1, 0.15) is 90.5 Å². The number of aliphatic hydroxyl groups excluding tert-OH is 2. The maximum atomic E-state index is 11.8. The average molecular weight is 485 g/mol. The third-order valence-corrected chi connectivity index (χ3v) is 11.7. The van der Waals surface area contributed by atoms with Crippen LogP contribution in [0.4, 0.5) is 0 Å². The van der Waals surface area contributed by atoms with Gasteiger partial charge >= 0.3 is 0 Å². The van der Waals surface area contributed by atoms with Crippen molar-refractivity contribution in [3.63, 3.8) is 0 Å². The van der Waals surface area contributed by atoms with Gasteiger partial charge in [0.05, 0.1) is 24.9 Å². The van der Waals surface area contributed by atoms with Crippen molar-refractivity contribution in [1.82, 2.24) is 0 Å². The van der Waals surface area contributed by atoms with Crippen LogP contribution in [0.3, 0.4) is 0 Å². The zero-order chi connectivity index (χ0) is 25.0. The summed E-state index contributed by atoms with van der Waals surface area (Å²) in [6, 6.07) is 8.22. The molecule has 4 nitrogen and oxygen atoms in total. The Morgan fingerprint density at radius 2 is 1.66 bits per heavy atom. The molecule has 4 aliphatic carbocycles. The van der Waals surface area contributed by atoms with Crippen molar-refractivity contribution in [2.24, 2.45) is 40.4 Å². The molecule has 4 fully saturated rings. The standard InChI is InChI=1S/C31H48O4/c1-29-16-13-21(32)18-25(29)26(33)19-22-23-11-12-28(30(23,2)17-14-24(22)29)31(3,34)15-7-9-20-8-5-6-10-27(20)35-4/h5-6,8,10,21-26,28,32-34H,7,9,11-19H2,1-4H3/t21?,22?,23-,24-,25+,26-,28-,29+,30-,31-/m0/s1. The minimum absolute atomic E-state index is 0.145. The second-order valence-corrected chi connectivity index (χ2v) is 13.4. The molecule has 0 aliphatic heterocycles. The highest BCUT2D eigenvalue weighted by atomic mass is 16.5. The minimum atomic E-state index is -0.674. The van der Waals surface area contributed by atoms with Crippen molar-refractivity contribution in [2.45, 2.75) is 109 Å². The van der Waals surface area contributed by atoms with Crippen LogP contribution in [-0.2, 0) is 6.42 Å². The van der Waals surface area contributed by atoms with E-state index in [1.54, 1.807) is 7.11 Å². The highest BCUT2D eigenvalue weighted by Crippen LogP contribution is 2.68. The van der Waals surface area contributed by atoms with E-state index < -0.39 is 5.60 Å². The Hall–Kier alpha value is -1.10. The average Bonchev–Trinajstić information content (AvgIpc) is 3.19. The fraction of sp³-hybridized carbons (Fsp3) is 0.806. The molecule has 1 aromatic carbocycles. The van der Waals surface area contributed by atoms with Gasteiger partial charge in [-0.15, -0.1) is 0 Å². The highest BCUT2D eigenvalue weighted by Gasteiger charge is 2.63. The van der Waals surface area contributed by atoms with Crippen LogP contribution in [0.15, 0.2) is 24.3 Å². The smallest absolute Gasteiger partial charge is 0.122 e. The zero-order valence-electron chi connectivity index (χ0n) is 22.4. The second-order valence-electron chi connectivity index (χ2n) is 13.4. The van der Waals surface area contributed by atoms with E-state index in [0.29, 0.717) is 23.7 Å². The summed E-state index contributed by atoms with van der Waals surface area (Å²) >= 11 is 0. The number of hydrogen-bond donors (Lipinski definition) is 3. The molecule has 0 amide bonds. The molecular formula is C31H48O4. The molecule has 0 radical (unpaired) electrons. The lowest BCUT2D eigenvalue weighted by Gasteiger charge is -2.62. The molecule has 2 unspecified atom stereocenters. The molecule has 1 aromatic rings. The molecule has 3 N–H and O–H groups in total. The van der Waals surface area contributed by atoms with E-state index in [9.17, 15) is 15.3 Å². The zero-order valence-corrected chi connectivity index (χ0v) is 22.4. The first-order valence-corrected chi connectivity index (χ1v) is 14.3. The summed E-state index contributed by atoms with van der Waals surface area (Å²) < 4.78 is 5.53. The van der Waals surface area contributed by atoms with Gasteiger partial charge in [-0.25, -0.2) is 0 Å². The van der Waals surface area contributed by atoms with Gasteiger partial charge in [-0.2, -0.15) is 0 Å². The van der Waals surface area contributed by atoms with Crippen molar-refractivity contribution in [2.75, 3.05) is 7.11 Å². The number of aryl methyl sites for hydroxylation is 1. The van der Waals surface area contributed by atoms with Crippen LogP contribution in [0, 0.1) is 40.4 Å². The Morgan fingerprint density at radius 3 is 2.43 bits per heavy atom. The van der Waals surface area contributed by atoms with Crippen LogP contribution >= 0.6 is 0 Å². The lowest BCUT2D eigenvalue weighted by molar-refractivity contribution is -0.179. The SMILES string of the molecule is COc1ccccc1CCC[C@](C)(O)[C@H]1CC[C@H]2C3C[C@H](O)[C@H]4CC(O)CC[C@]4(C)[C@H]3CC[C@@]21C. The Kier molecular flexibility index (Phi) is 6.81. The topological polar surface area (TPSA) is 69.9 Å². The predicted octanol–water partition coefficient (Wildman–Crippen LogP) is 5.76. The van der Waals surface area contributed by atoms with Crippen molar-refractivity contribution >= 4 is 0 Å². The number of aliphatic hydroxyl groups is 3. The van der Waals surface area contributed by atoms with Gasteiger partial charge in [0.1, 0.15) is 5.75 Å². The van der Waals surface area contributed by atoms with E-state index in [0.717, 1.165) is 57.1 Å². The number of hydrogen-bond acceptors (Lipinski definition) is 4. The number of benzene rings is 1. The molecule has 0 saturated heterocycles. The van der Waals surface area contributed by atoms with Crippen molar-refractivity contribution < 1.29 is 20.1 Å². The molecule has 0 heterocycles. The van der Waals surface area contributed by atoms with Gasteiger partial charge in [-0.3, -0.25) is 0 Å². The molecule has 196 valence electrons. The number of para-hydroxylation sites is 1. The van der Waals surface area contributed by atoms with Gasteiger partial charge in [0.25, 0.3) is 0 Å². The van der Waals surface area contributed by atoms with Crippen molar-refractivity contribution in [3.05, 3.63) is 29.8 Å². The largest absolute Gasteiger partial charge is 0.496 e. The van der Waals surface area contributed by atoms with E-state index in [1.165, 1.54) is 24.8 Å². The summed E-state index contributed by atoms with van der Waals surface area (Å²) in [6.07, 6.45) is 10.4. The van der Waals surface area contributed by atoms with Gasteiger partial charge < -0.3 is 20.1 Å². The van der Waals surface area contributed by atoms with Gasteiger partial charge in [0, 0.05) is 0 Å². The molecule has 0 bridgehead atoms. The summed E-state index contributed by atoms with van der Waals surface area (Å²) in [5.74, 6) is 3.29. The Bertz CT molecular complexity index is 898. The van der Waals surface area contributed by atoms with Gasteiger partial charge in [0.15, 0.2) is 0 Å². The first-order valence-electron chi connectivity index (χ1n) is 14.3. The number of ether oxygens (including phenoxy) is 1. The first-order chi connectivity index (χ1) is 16.6.